The molecule has 2 heterocycles. The summed E-state index contributed by atoms with van der Waals surface area (Å²) in [6.07, 6.45) is 1.90. The van der Waals surface area contributed by atoms with E-state index < -0.39 is 0 Å². The Labute approximate surface area is 114 Å². The van der Waals surface area contributed by atoms with Crippen LogP contribution in [0.15, 0.2) is 18.3 Å². The van der Waals surface area contributed by atoms with Gasteiger partial charge in [-0.2, -0.15) is 0 Å². The summed E-state index contributed by atoms with van der Waals surface area (Å²) in [5, 5.41) is 12.4. The molecular weight excluding hydrogens is 242 g/mol. The molecule has 5 nitrogen and oxygen atoms in total. The standard InChI is InChI=1S/C14H23N3O2/c1-10-7-17(8-13(9-18)19-10)14-5-4-12(6-16-14)11(2)15-3/h4-6,10-11,13,15,18H,7-9H2,1-3H3. The average Bonchev–Trinajstić information content (AvgIpc) is 2.46. The third-order valence-electron chi connectivity index (χ3n) is 3.56. The van der Waals surface area contributed by atoms with E-state index in [1.807, 2.05) is 26.2 Å². The van der Waals surface area contributed by atoms with E-state index in [1.54, 1.807) is 0 Å². The summed E-state index contributed by atoms with van der Waals surface area (Å²) in [7, 11) is 1.94. The van der Waals surface area contributed by atoms with Crippen molar-refractivity contribution in [3.05, 3.63) is 23.9 Å². The van der Waals surface area contributed by atoms with Crippen LogP contribution in [0.4, 0.5) is 5.82 Å². The molecule has 19 heavy (non-hydrogen) atoms. The maximum atomic E-state index is 9.24. The fraction of sp³-hybridized carbons (Fsp3) is 0.643. The Morgan fingerprint density at radius 2 is 2.32 bits per heavy atom. The van der Waals surface area contributed by atoms with Gasteiger partial charge < -0.3 is 20.1 Å². The number of aromatic nitrogens is 1. The Hall–Kier alpha value is -1.17. The van der Waals surface area contributed by atoms with Crippen LogP contribution in [0.1, 0.15) is 25.5 Å². The first-order valence-corrected chi connectivity index (χ1v) is 6.78. The number of pyridine rings is 1. The van der Waals surface area contributed by atoms with Crippen LogP contribution in [0.25, 0.3) is 0 Å². The molecule has 2 rings (SSSR count). The maximum absolute atomic E-state index is 9.24. The summed E-state index contributed by atoms with van der Waals surface area (Å²) in [5.74, 6) is 0.945. The second-order valence-electron chi connectivity index (χ2n) is 5.12. The predicted molar refractivity (Wildman–Crippen MR) is 75.3 cm³/mol. The van der Waals surface area contributed by atoms with Gasteiger partial charge in [0.15, 0.2) is 0 Å². The molecule has 1 aromatic heterocycles. The lowest BCUT2D eigenvalue weighted by Gasteiger charge is -2.36. The molecule has 5 heteroatoms. The number of aliphatic hydroxyl groups is 1. The minimum atomic E-state index is -0.124. The number of rotatable bonds is 4. The number of aliphatic hydroxyl groups excluding tert-OH is 1. The number of anilines is 1. The summed E-state index contributed by atoms with van der Waals surface area (Å²) in [4.78, 5) is 6.69. The molecule has 1 aromatic rings. The molecule has 2 N–H and O–H groups in total. The van der Waals surface area contributed by atoms with Crippen LogP contribution in [0.2, 0.25) is 0 Å². The summed E-state index contributed by atoms with van der Waals surface area (Å²) in [6, 6.07) is 4.43. The molecule has 106 valence electrons. The molecular formula is C14H23N3O2. The molecule has 0 aromatic carbocycles. The summed E-state index contributed by atoms with van der Waals surface area (Å²) in [6.45, 7) is 5.68. The first-order valence-electron chi connectivity index (χ1n) is 6.78. The zero-order valence-electron chi connectivity index (χ0n) is 11.8. The van der Waals surface area contributed by atoms with Gasteiger partial charge in [-0.15, -0.1) is 0 Å². The van der Waals surface area contributed by atoms with Gasteiger partial charge in [0.1, 0.15) is 5.82 Å². The van der Waals surface area contributed by atoms with E-state index in [-0.39, 0.29) is 18.8 Å². The lowest BCUT2D eigenvalue weighted by atomic mass is 10.1. The third-order valence-corrected chi connectivity index (χ3v) is 3.56. The Bertz CT molecular complexity index is 396. The fourth-order valence-electron chi connectivity index (χ4n) is 2.34. The SMILES string of the molecule is CNC(C)c1ccc(N2CC(C)OC(CO)C2)nc1. The topological polar surface area (TPSA) is 57.6 Å². The molecule has 0 spiro atoms. The van der Waals surface area contributed by atoms with Crippen LogP contribution >= 0.6 is 0 Å². The Balaban J connectivity index is 2.08. The predicted octanol–water partition coefficient (Wildman–Crippen LogP) is 0.948. The van der Waals surface area contributed by atoms with Gasteiger partial charge in [0, 0.05) is 25.3 Å². The van der Waals surface area contributed by atoms with Gasteiger partial charge in [-0.1, -0.05) is 6.07 Å². The monoisotopic (exact) mass is 265 g/mol. The van der Waals surface area contributed by atoms with Crippen molar-refractivity contribution in [3.8, 4) is 0 Å². The fourth-order valence-corrected chi connectivity index (χ4v) is 2.34. The molecule has 0 saturated carbocycles. The molecule has 1 fully saturated rings. The lowest BCUT2D eigenvalue weighted by molar-refractivity contribution is -0.0423. The van der Waals surface area contributed by atoms with E-state index in [9.17, 15) is 5.11 Å². The zero-order valence-corrected chi connectivity index (χ0v) is 11.8. The number of morpholine rings is 1. The molecule has 1 saturated heterocycles. The van der Waals surface area contributed by atoms with Gasteiger partial charge in [-0.05, 0) is 32.5 Å². The van der Waals surface area contributed by atoms with Crippen LogP contribution in [0.3, 0.4) is 0 Å². The van der Waals surface area contributed by atoms with Crippen molar-refractivity contribution in [2.24, 2.45) is 0 Å². The van der Waals surface area contributed by atoms with Crippen LogP contribution in [0.5, 0.6) is 0 Å². The van der Waals surface area contributed by atoms with Gasteiger partial charge in [0.05, 0.1) is 18.8 Å². The van der Waals surface area contributed by atoms with E-state index in [4.69, 9.17) is 4.74 Å². The quantitative estimate of drug-likeness (QED) is 0.849. The van der Waals surface area contributed by atoms with Crippen molar-refractivity contribution in [2.45, 2.75) is 32.1 Å². The third kappa shape index (κ3) is 3.43. The molecule has 0 bridgehead atoms. The zero-order chi connectivity index (χ0) is 13.8. The van der Waals surface area contributed by atoms with Gasteiger partial charge in [-0.25, -0.2) is 4.98 Å². The maximum Gasteiger partial charge on any atom is 0.128 e. The number of nitrogens with one attached hydrogen (secondary N) is 1. The van der Waals surface area contributed by atoms with E-state index in [0.29, 0.717) is 12.6 Å². The summed E-state index contributed by atoms with van der Waals surface area (Å²) < 4.78 is 5.64. The van der Waals surface area contributed by atoms with Crippen molar-refractivity contribution in [2.75, 3.05) is 31.6 Å². The molecule has 1 aliphatic rings. The van der Waals surface area contributed by atoms with Crippen LogP contribution in [-0.4, -0.2) is 49.0 Å². The van der Waals surface area contributed by atoms with Crippen LogP contribution < -0.4 is 10.2 Å². The Morgan fingerprint density at radius 3 is 2.89 bits per heavy atom. The normalized spacial score (nSPS) is 25.4. The molecule has 0 amide bonds. The molecule has 3 atom stereocenters. The second kappa shape index (κ2) is 6.32. The smallest absolute Gasteiger partial charge is 0.128 e. The van der Waals surface area contributed by atoms with Crippen molar-refractivity contribution in [1.29, 1.82) is 0 Å². The Kier molecular flexibility index (Phi) is 4.74. The lowest BCUT2D eigenvalue weighted by Crippen LogP contribution is -2.48. The highest BCUT2D eigenvalue weighted by Gasteiger charge is 2.25. The highest BCUT2D eigenvalue weighted by Crippen LogP contribution is 2.20. The van der Waals surface area contributed by atoms with Crippen molar-refractivity contribution >= 4 is 5.82 Å². The van der Waals surface area contributed by atoms with Gasteiger partial charge in [0.2, 0.25) is 0 Å². The van der Waals surface area contributed by atoms with E-state index in [2.05, 4.69) is 28.2 Å². The number of hydrogen-bond donors (Lipinski definition) is 2. The van der Waals surface area contributed by atoms with Crippen molar-refractivity contribution in [1.82, 2.24) is 10.3 Å². The number of ether oxygens (including phenoxy) is 1. The van der Waals surface area contributed by atoms with Gasteiger partial charge in [0.25, 0.3) is 0 Å². The van der Waals surface area contributed by atoms with Crippen molar-refractivity contribution in [3.63, 3.8) is 0 Å². The minimum absolute atomic E-state index is 0.0513. The Morgan fingerprint density at radius 1 is 1.53 bits per heavy atom. The average molecular weight is 265 g/mol. The second-order valence-corrected chi connectivity index (χ2v) is 5.12. The van der Waals surface area contributed by atoms with E-state index in [0.717, 1.165) is 12.4 Å². The molecule has 1 aliphatic heterocycles. The molecule has 0 aliphatic carbocycles. The minimum Gasteiger partial charge on any atom is -0.394 e. The van der Waals surface area contributed by atoms with Crippen molar-refractivity contribution < 1.29 is 9.84 Å². The summed E-state index contributed by atoms with van der Waals surface area (Å²) >= 11 is 0. The first-order chi connectivity index (χ1) is 9.13. The highest BCUT2D eigenvalue weighted by atomic mass is 16.5. The molecule has 0 radical (unpaired) electrons. The summed E-state index contributed by atoms with van der Waals surface area (Å²) in [5.41, 5.74) is 1.17. The molecule has 3 unspecified atom stereocenters. The number of nitrogens with zero attached hydrogens (tertiary/aromatic N) is 2. The van der Waals surface area contributed by atoms with Gasteiger partial charge >= 0.3 is 0 Å². The highest BCUT2D eigenvalue weighted by molar-refractivity contribution is 5.40. The van der Waals surface area contributed by atoms with Crippen LogP contribution in [0, 0.1) is 0 Å². The largest absolute Gasteiger partial charge is 0.394 e. The first kappa shape index (κ1) is 14.2. The van der Waals surface area contributed by atoms with Crippen LogP contribution in [-0.2, 0) is 4.74 Å². The van der Waals surface area contributed by atoms with Gasteiger partial charge in [-0.3, -0.25) is 0 Å². The number of hydrogen-bond acceptors (Lipinski definition) is 5. The van der Waals surface area contributed by atoms with E-state index in [1.165, 1.54) is 5.56 Å². The van der Waals surface area contributed by atoms with E-state index >= 15 is 0 Å².